The fourth-order valence-electron chi connectivity index (χ4n) is 5.68. The van der Waals surface area contributed by atoms with E-state index >= 15 is 0 Å². The van der Waals surface area contributed by atoms with Crippen LogP contribution < -0.4 is 10.3 Å². The van der Waals surface area contributed by atoms with E-state index in [1.165, 1.54) is 16.8 Å². The Bertz CT molecular complexity index is 2070. The summed E-state index contributed by atoms with van der Waals surface area (Å²) in [5, 5.41) is 6.33. The van der Waals surface area contributed by atoms with Gasteiger partial charge in [-0.25, -0.2) is 9.37 Å². The molecule has 6 aromatic rings. The highest BCUT2D eigenvalue weighted by atomic mass is 19.1. The fraction of sp³-hybridized carbons (Fsp3) is 0.194. The number of aromatic nitrogens is 3. The quantitative estimate of drug-likeness (QED) is 0.183. The molecule has 0 fully saturated rings. The zero-order chi connectivity index (χ0) is 30.2. The Morgan fingerprint density at radius 1 is 0.953 bits per heavy atom. The SMILES string of the molecule is COc1cc(C)c(-c2nc3ccccc3c(=O)n2N=Cc2c(C)n(Cc3ccc(F)cc3)c3ccccc23)cc1C(C)C. The molecule has 0 atom stereocenters. The minimum absolute atomic E-state index is 0.202. The summed E-state index contributed by atoms with van der Waals surface area (Å²) in [5.41, 5.74) is 7.05. The first-order chi connectivity index (χ1) is 20.8. The minimum Gasteiger partial charge on any atom is -0.496 e. The number of halogens is 1. The lowest BCUT2D eigenvalue weighted by atomic mass is 9.96. The van der Waals surface area contributed by atoms with E-state index in [0.29, 0.717) is 23.3 Å². The molecule has 0 radical (unpaired) electrons. The van der Waals surface area contributed by atoms with Gasteiger partial charge in [-0.3, -0.25) is 4.79 Å². The van der Waals surface area contributed by atoms with E-state index < -0.39 is 0 Å². The largest absolute Gasteiger partial charge is 0.496 e. The molecule has 216 valence electrons. The number of nitrogens with zero attached hydrogens (tertiary/aromatic N) is 4. The Labute approximate surface area is 249 Å². The summed E-state index contributed by atoms with van der Waals surface area (Å²) in [6.07, 6.45) is 1.75. The predicted molar refractivity (Wildman–Crippen MR) is 172 cm³/mol. The molecule has 0 amide bonds. The lowest BCUT2D eigenvalue weighted by Crippen LogP contribution is -2.21. The molecule has 4 aromatic carbocycles. The molecule has 7 heteroatoms. The first kappa shape index (κ1) is 28.1. The third kappa shape index (κ3) is 5.12. The standard InChI is InChI=1S/C36H33FN4O2/c1-22(2)29-19-30(23(3)18-34(29)43-5)35-39-32-12-8-6-11-28(32)36(42)41(35)38-20-31-24(4)40(33-13-9-7-10-27(31)33)21-25-14-16-26(37)17-15-25/h6-20,22H,21H2,1-5H3. The van der Waals surface area contributed by atoms with Crippen molar-refractivity contribution in [3.8, 4) is 17.1 Å². The number of para-hydroxylation sites is 2. The van der Waals surface area contributed by atoms with Crippen molar-refractivity contribution < 1.29 is 9.13 Å². The van der Waals surface area contributed by atoms with Crippen LogP contribution in [-0.4, -0.2) is 27.6 Å². The number of methoxy groups -OCH3 is 1. The van der Waals surface area contributed by atoms with Crippen molar-refractivity contribution in [2.45, 2.75) is 40.2 Å². The second-order valence-electron chi connectivity index (χ2n) is 11.1. The van der Waals surface area contributed by atoms with E-state index in [9.17, 15) is 9.18 Å². The van der Waals surface area contributed by atoms with Gasteiger partial charge in [-0.15, -0.1) is 0 Å². The van der Waals surface area contributed by atoms with E-state index in [1.807, 2.05) is 50.2 Å². The highest BCUT2D eigenvalue weighted by molar-refractivity contribution is 6.01. The van der Waals surface area contributed by atoms with Crippen LogP contribution in [-0.2, 0) is 6.54 Å². The van der Waals surface area contributed by atoms with Crippen molar-refractivity contribution in [2.24, 2.45) is 5.10 Å². The Balaban J connectivity index is 1.55. The van der Waals surface area contributed by atoms with Crippen LogP contribution in [0.5, 0.6) is 5.75 Å². The molecule has 0 saturated carbocycles. The monoisotopic (exact) mass is 572 g/mol. The van der Waals surface area contributed by atoms with Crippen molar-refractivity contribution in [2.75, 3.05) is 7.11 Å². The summed E-state index contributed by atoms with van der Waals surface area (Å²) in [5.74, 6) is 1.21. The fourth-order valence-corrected chi connectivity index (χ4v) is 5.68. The van der Waals surface area contributed by atoms with Crippen molar-refractivity contribution >= 4 is 28.0 Å². The van der Waals surface area contributed by atoms with Crippen LogP contribution in [0.4, 0.5) is 4.39 Å². The first-order valence-corrected chi connectivity index (χ1v) is 14.3. The highest BCUT2D eigenvalue weighted by Gasteiger charge is 2.19. The summed E-state index contributed by atoms with van der Waals surface area (Å²) < 4.78 is 22.8. The van der Waals surface area contributed by atoms with Crippen molar-refractivity contribution in [3.05, 3.63) is 129 Å². The molecule has 2 aromatic heterocycles. The summed E-state index contributed by atoms with van der Waals surface area (Å²) in [6.45, 7) is 8.83. The van der Waals surface area contributed by atoms with E-state index in [1.54, 1.807) is 31.5 Å². The van der Waals surface area contributed by atoms with Crippen LogP contribution >= 0.6 is 0 Å². The average Bonchev–Trinajstić information content (AvgIpc) is 3.27. The van der Waals surface area contributed by atoms with Gasteiger partial charge in [0, 0.05) is 34.3 Å². The molecule has 0 N–H and O–H groups in total. The summed E-state index contributed by atoms with van der Waals surface area (Å²) in [7, 11) is 1.67. The molecule has 0 spiro atoms. The predicted octanol–water partition coefficient (Wildman–Crippen LogP) is 7.84. The van der Waals surface area contributed by atoms with Gasteiger partial charge in [-0.2, -0.15) is 9.78 Å². The summed E-state index contributed by atoms with van der Waals surface area (Å²) >= 11 is 0. The molecule has 0 saturated heterocycles. The average molecular weight is 573 g/mol. The van der Waals surface area contributed by atoms with Gasteiger partial charge in [-0.1, -0.05) is 56.3 Å². The Kier molecular flexibility index (Phi) is 7.40. The molecule has 2 heterocycles. The van der Waals surface area contributed by atoms with Crippen LogP contribution in [0.3, 0.4) is 0 Å². The van der Waals surface area contributed by atoms with Crippen LogP contribution in [0.25, 0.3) is 33.2 Å². The number of hydrogen-bond acceptors (Lipinski definition) is 4. The third-order valence-corrected chi connectivity index (χ3v) is 8.03. The Morgan fingerprint density at radius 2 is 1.65 bits per heavy atom. The summed E-state index contributed by atoms with van der Waals surface area (Å²) in [6, 6.07) is 26.0. The van der Waals surface area contributed by atoms with Crippen LogP contribution in [0.2, 0.25) is 0 Å². The van der Waals surface area contributed by atoms with Gasteiger partial charge in [0.15, 0.2) is 5.82 Å². The van der Waals surface area contributed by atoms with Crippen molar-refractivity contribution in [1.29, 1.82) is 0 Å². The number of fused-ring (bicyclic) bond motifs is 2. The van der Waals surface area contributed by atoms with Crippen LogP contribution in [0.15, 0.2) is 94.8 Å². The molecule has 0 aliphatic carbocycles. The normalized spacial score (nSPS) is 11.8. The van der Waals surface area contributed by atoms with Gasteiger partial charge >= 0.3 is 0 Å². The molecular formula is C36H33FN4O2. The van der Waals surface area contributed by atoms with Gasteiger partial charge < -0.3 is 9.30 Å². The first-order valence-electron chi connectivity index (χ1n) is 14.3. The second kappa shape index (κ2) is 11.3. The summed E-state index contributed by atoms with van der Waals surface area (Å²) in [4.78, 5) is 18.9. The van der Waals surface area contributed by atoms with Crippen molar-refractivity contribution in [3.63, 3.8) is 0 Å². The molecule has 0 unspecified atom stereocenters. The van der Waals surface area contributed by atoms with Gasteiger partial charge in [0.2, 0.25) is 0 Å². The lowest BCUT2D eigenvalue weighted by molar-refractivity contribution is 0.407. The van der Waals surface area contributed by atoms with E-state index in [4.69, 9.17) is 14.8 Å². The molecular weight excluding hydrogens is 539 g/mol. The maximum atomic E-state index is 14.0. The van der Waals surface area contributed by atoms with Crippen molar-refractivity contribution in [1.82, 2.24) is 14.2 Å². The maximum Gasteiger partial charge on any atom is 0.282 e. The number of hydrogen-bond donors (Lipinski definition) is 0. The maximum absolute atomic E-state index is 14.0. The van der Waals surface area contributed by atoms with E-state index in [-0.39, 0.29) is 17.3 Å². The smallest absolute Gasteiger partial charge is 0.282 e. The number of aryl methyl sites for hydroxylation is 1. The van der Waals surface area contributed by atoms with E-state index in [0.717, 1.165) is 50.2 Å². The second-order valence-corrected chi connectivity index (χ2v) is 11.1. The van der Waals surface area contributed by atoms with Gasteiger partial charge in [0.25, 0.3) is 5.56 Å². The van der Waals surface area contributed by atoms with Crippen LogP contribution in [0.1, 0.15) is 47.7 Å². The number of rotatable bonds is 7. The molecule has 0 bridgehead atoms. The lowest BCUT2D eigenvalue weighted by Gasteiger charge is -2.17. The van der Waals surface area contributed by atoms with Gasteiger partial charge in [0.05, 0.1) is 24.2 Å². The number of benzene rings is 4. The molecule has 6 rings (SSSR count). The Morgan fingerprint density at radius 3 is 2.37 bits per heavy atom. The topological polar surface area (TPSA) is 61.4 Å². The van der Waals surface area contributed by atoms with Gasteiger partial charge in [0.1, 0.15) is 11.6 Å². The molecule has 0 aliphatic rings. The third-order valence-electron chi connectivity index (χ3n) is 8.03. The van der Waals surface area contributed by atoms with E-state index in [2.05, 4.69) is 36.6 Å². The molecule has 0 aliphatic heterocycles. The van der Waals surface area contributed by atoms with Crippen LogP contribution in [0, 0.1) is 19.7 Å². The highest BCUT2D eigenvalue weighted by Crippen LogP contribution is 2.34. The Hall–Kier alpha value is -5.04. The van der Waals surface area contributed by atoms with Gasteiger partial charge in [-0.05, 0) is 78.9 Å². The zero-order valence-electron chi connectivity index (χ0n) is 24.9. The number of ether oxygens (including phenoxy) is 1. The molecule has 43 heavy (non-hydrogen) atoms. The minimum atomic E-state index is -0.261. The zero-order valence-corrected chi connectivity index (χ0v) is 24.9. The molecule has 6 nitrogen and oxygen atoms in total.